The average Bonchev–Trinajstić information content (AvgIpc) is 2.46. The molecule has 4 heteroatoms. The van der Waals surface area contributed by atoms with Crippen molar-refractivity contribution in [3.8, 4) is 5.75 Å². The van der Waals surface area contributed by atoms with Gasteiger partial charge in [0.25, 0.3) is 0 Å². The fourth-order valence-electron chi connectivity index (χ4n) is 2.08. The van der Waals surface area contributed by atoms with Crippen molar-refractivity contribution in [2.45, 2.75) is 18.7 Å². The molecule has 2 aromatic rings. The van der Waals surface area contributed by atoms with Crippen molar-refractivity contribution in [1.29, 1.82) is 0 Å². The number of methoxy groups -OCH3 is 1. The molecule has 0 N–H and O–H groups in total. The second kappa shape index (κ2) is 6.75. The van der Waals surface area contributed by atoms with E-state index >= 15 is 0 Å². The monoisotopic (exact) mass is 410 g/mol. The molecule has 0 heterocycles. The number of carbonyl (C=O) groups excluding carboxylic acids is 1. The topological polar surface area (TPSA) is 26.3 Å². The second-order valence-corrected chi connectivity index (χ2v) is 7.10. The Labute approximate surface area is 141 Å². The summed E-state index contributed by atoms with van der Waals surface area (Å²) in [5.74, 6) is 0.705. The molecule has 0 spiro atoms. The van der Waals surface area contributed by atoms with Crippen LogP contribution in [0.1, 0.15) is 38.8 Å². The van der Waals surface area contributed by atoms with E-state index in [4.69, 9.17) is 4.74 Å². The molecule has 1 unspecified atom stereocenters. The summed E-state index contributed by atoms with van der Waals surface area (Å²) in [5.41, 5.74) is 3.41. The van der Waals surface area contributed by atoms with Gasteiger partial charge in [-0.25, -0.2) is 0 Å². The van der Waals surface area contributed by atoms with Gasteiger partial charge < -0.3 is 4.74 Å². The van der Waals surface area contributed by atoms with Crippen LogP contribution in [0.5, 0.6) is 5.75 Å². The Morgan fingerprint density at radius 1 is 1.19 bits per heavy atom. The number of aryl methyl sites for hydroxylation is 1. The van der Waals surface area contributed by atoms with Crippen LogP contribution in [-0.2, 0) is 0 Å². The first-order chi connectivity index (χ1) is 9.93. The molecule has 110 valence electrons. The molecule has 1 atom stereocenters. The Morgan fingerprint density at radius 2 is 1.90 bits per heavy atom. The van der Waals surface area contributed by atoms with E-state index in [0.717, 1.165) is 21.3 Å². The molecule has 0 saturated carbocycles. The lowest BCUT2D eigenvalue weighted by Crippen LogP contribution is -2.04. The predicted octanol–water partition coefficient (Wildman–Crippen LogP) is 5.45. The lowest BCUT2D eigenvalue weighted by molar-refractivity contribution is 0.103. The molecule has 0 aliphatic carbocycles. The fraction of sp³-hybridized carbons (Fsp3) is 0.235. The van der Waals surface area contributed by atoms with Gasteiger partial charge in [-0.3, -0.25) is 4.79 Å². The molecule has 0 aromatic heterocycles. The highest BCUT2D eigenvalue weighted by atomic mass is 79.9. The van der Waals surface area contributed by atoms with E-state index in [1.807, 2.05) is 44.2 Å². The van der Waals surface area contributed by atoms with Crippen molar-refractivity contribution in [2.75, 3.05) is 7.11 Å². The molecule has 2 nitrogen and oxygen atoms in total. The minimum Gasteiger partial charge on any atom is -0.496 e. The summed E-state index contributed by atoms with van der Waals surface area (Å²) < 4.78 is 6.08. The van der Waals surface area contributed by atoms with Gasteiger partial charge in [0.05, 0.1) is 7.11 Å². The number of halogens is 2. The van der Waals surface area contributed by atoms with Crippen LogP contribution >= 0.6 is 31.9 Å². The number of alkyl halides is 1. The number of hydrogen-bond donors (Lipinski definition) is 0. The molecule has 0 saturated heterocycles. The zero-order chi connectivity index (χ0) is 15.6. The van der Waals surface area contributed by atoms with Gasteiger partial charge >= 0.3 is 0 Å². The number of carbonyl (C=O) groups is 1. The van der Waals surface area contributed by atoms with Crippen LogP contribution in [0.3, 0.4) is 0 Å². The minimum atomic E-state index is -0.0195. The number of ketones is 1. The minimum absolute atomic E-state index is 0.0195. The van der Waals surface area contributed by atoms with E-state index < -0.39 is 0 Å². The maximum atomic E-state index is 12.6. The molecule has 0 bridgehead atoms. The maximum Gasteiger partial charge on any atom is 0.194 e. The van der Waals surface area contributed by atoms with Crippen molar-refractivity contribution in [2.24, 2.45) is 0 Å². The number of ether oxygens (including phenoxy) is 1. The molecule has 0 fully saturated rings. The van der Waals surface area contributed by atoms with Crippen molar-refractivity contribution >= 4 is 37.6 Å². The van der Waals surface area contributed by atoms with Crippen LogP contribution in [0.15, 0.2) is 40.9 Å². The first-order valence-electron chi connectivity index (χ1n) is 6.57. The lowest BCUT2D eigenvalue weighted by Gasteiger charge is -2.10. The molecule has 0 radical (unpaired) electrons. The molecule has 21 heavy (non-hydrogen) atoms. The van der Waals surface area contributed by atoms with E-state index in [1.165, 1.54) is 0 Å². The number of hydrogen-bond acceptors (Lipinski definition) is 2. The first kappa shape index (κ1) is 16.2. The summed E-state index contributed by atoms with van der Waals surface area (Å²) in [7, 11) is 1.61. The van der Waals surface area contributed by atoms with Crippen LogP contribution < -0.4 is 4.74 Å². The Morgan fingerprint density at radius 3 is 2.48 bits per heavy atom. The quantitative estimate of drug-likeness (QED) is 0.493. The molecule has 0 aliphatic rings. The Kier molecular flexibility index (Phi) is 5.22. The first-order valence-corrected chi connectivity index (χ1v) is 8.27. The third kappa shape index (κ3) is 3.55. The summed E-state index contributed by atoms with van der Waals surface area (Å²) in [5, 5.41) is 0. The highest BCUT2D eigenvalue weighted by molar-refractivity contribution is 9.10. The van der Waals surface area contributed by atoms with Crippen LogP contribution in [-0.4, -0.2) is 12.9 Å². The molecule has 0 aliphatic heterocycles. The summed E-state index contributed by atoms with van der Waals surface area (Å²) in [6, 6.07) is 11.3. The number of benzene rings is 2. The smallest absolute Gasteiger partial charge is 0.194 e. The lowest BCUT2D eigenvalue weighted by atomic mass is 10.00. The van der Waals surface area contributed by atoms with E-state index in [0.29, 0.717) is 11.1 Å². The van der Waals surface area contributed by atoms with Gasteiger partial charge in [0, 0.05) is 20.4 Å². The third-order valence-corrected chi connectivity index (χ3v) is 4.55. The second-order valence-electron chi connectivity index (χ2n) is 4.87. The molecule has 2 aromatic carbocycles. The Bertz CT molecular complexity index is 678. The van der Waals surface area contributed by atoms with Crippen molar-refractivity contribution in [3.63, 3.8) is 0 Å². The Balaban J connectivity index is 2.40. The summed E-state index contributed by atoms with van der Waals surface area (Å²) >= 11 is 7.02. The normalized spacial score (nSPS) is 12.0. The van der Waals surface area contributed by atoms with E-state index in [1.54, 1.807) is 13.2 Å². The van der Waals surface area contributed by atoms with E-state index in [2.05, 4.69) is 31.9 Å². The van der Waals surface area contributed by atoms with Gasteiger partial charge in [-0.2, -0.15) is 0 Å². The van der Waals surface area contributed by atoms with Crippen LogP contribution in [0, 0.1) is 6.92 Å². The molecular weight excluding hydrogens is 396 g/mol. The molecular formula is C17H16Br2O2. The van der Waals surface area contributed by atoms with Crippen LogP contribution in [0.2, 0.25) is 0 Å². The Hall–Kier alpha value is -1.13. The molecule has 0 amide bonds. The van der Waals surface area contributed by atoms with Crippen molar-refractivity contribution in [1.82, 2.24) is 0 Å². The van der Waals surface area contributed by atoms with E-state index in [-0.39, 0.29) is 10.6 Å². The van der Waals surface area contributed by atoms with Crippen molar-refractivity contribution in [3.05, 3.63) is 63.1 Å². The highest BCUT2D eigenvalue weighted by Gasteiger charge is 2.15. The van der Waals surface area contributed by atoms with Gasteiger partial charge in [0.2, 0.25) is 0 Å². The number of rotatable bonds is 4. The summed E-state index contributed by atoms with van der Waals surface area (Å²) in [4.78, 5) is 12.9. The van der Waals surface area contributed by atoms with Gasteiger partial charge in [-0.05, 0) is 43.2 Å². The zero-order valence-corrected chi connectivity index (χ0v) is 15.3. The highest BCUT2D eigenvalue weighted by Crippen LogP contribution is 2.29. The standard InChI is InChI=1S/C17H16Br2O2/c1-10-4-5-13(9-16(10)21-3)17(20)14-7-6-12(11(2)18)8-15(14)19/h4-9,11H,1-3H3. The van der Waals surface area contributed by atoms with Crippen LogP contribution in [0.25, 0.3) is 0 Å². The predicted molar refractivity (Wildman–Crippen MR) is 92.6 cm³/mol. The van der Waals surface area contributed by atoms with Gasteiger partial charge in [0.1, 0.15) is 5.75 Å². The van der Waals surface area contributed by atoms with Gasteiger partial charge in [0.15, 0.2) is 5.78 Å². The average molecular weight is 412 g/mol. The van der Waals surface area contributed by atoms with Crippen LogP contribution in [0.4, 0.5) is 0 Å². The van der Waals surface area contributed by atoms with Crippen molar-refractivity contribution < 1.29 is 9.53 Å². The fourth-order valence-corrected chi connectivity index (χ4v) is 2.94. The van der Waals surface area contributed by atoms with Gasteiger partial charge in [-0.1, -0.05) is 50.1 Å². The molecule has 2 rings (SSSR count). The van der Waals surface area contributed by atoms with Gasteiger partial charge in [-0.15, -0.1) is 0 Å². The summed E-state index contributed by atoms with van der Waals surface area (Å²) in [6.45, 7) is 4.00. The zero-order valence-electron chi connectivity index (χ0n) is 12.1. The summed E-state index contributed by atoms with van der Waals surface area (Å²) in [6.07, 6.45) is 0. The SMILES string of the molecule is COc1cc(C(=O)c2ccc(C(C)Br)cc2Br)ccc1C. The van der Waals surface area contributed by atoms with E-state index in [9.17, 15) is 4.79 Å². The maximum absolute atomic E-state index is 12.6. The third-order valence-electron chi connectivity index (χ3n) is 3.37. The largest absolute Gasteiger partial charge is 0.496 e.